The molecule has 6 heteroatoms. The van der Waals surface area contributed by atoms with E-state index in [9.17, 15) is 4.79 Å². The molecule has 138 valence electrons. The van der Waals surface area contributed by atoms with Gasteiger partial charge in [-0.15, -0.1) is 0 Å². The monoisotopic (exact) mass is 366 g/mol. The number of benzene rings is 1. The number of piperidine rings is 2. The molecule has 0 bridgehead atoms. The first kappa shape index (κ1) is 18.5. The second-order valence-electron chi connectivity index (χ2n) is 6.83. The molecule has 5 nitrogen and oxygen atoms in total. The van der Waals surface area contributed by atoms with Crippen molar-refractivity contribution in [2.24, 2.45) is 0 Å². The SMILES string of the molecule is COC1CCN(C2CCN(C(=O)COc3ccc(Cl)cc3)CC2)CC1. The van der Waals surface area contributed by atoms with Crippen LogP contribution in [0.3, 0.4) is 0 Å². The Labute approximate surface area is 154 Å². The molecule has 0 radical (unpaired) electrons. The summed E-state index contributed by atoms with van der Waals surface area (Å²) < 4.78 is 11.0. The van der Waals surface area contributed by atoms with Gasteiger partial charge in [-0.1, -0.05) is 11.6 Å². The van der Waals surface area contributed by atoms with Crippen LogP contribution in [0.25, 0.3) is 0 Å². The molecular weight excluding hydrogens is 340 g/mol. The van der Waals surface area contributed by atoms with Gasteiger partial charge in [0, 0.05) is 44.4 Å². The summed E-state index contributed by atoms with van der Waals surface area (Å²) in [5.74, 6) is 0.736. The van der Waals surface area contributed by atoms with E-state index < -0.39 is 0 Å². The molecule has 3 rings (SSSR count). The highest BCUT2D eigenvalue weighted by Gasteiger charge is 2.29. The number of amides is 1. The highest BCUT2D eigenvalue weighted by atomic mass is 35.5. The van der Waals surface area contributed by atoms with Crippen molar-refractivity contribution in [2.45, 2.75) is 37.8 Å². The van der Waals surface area contributed by atoms with Crippen molar-refractivity contribution in [1.29, 1.82) is 0 Å². The Morgan fingerprint density at radius 2 is 1.72 bits per heavy atom. The molecule has 1 aromatic rings. The fraction of sp³-hybridized carbons (Fsp3) is 0.632. The third-order valence-corrected chi connectivity index (χ3v) is 5.57. The largest absolute Gasteiger partial charge is 0.484 e. The van der Waals surface area contributed by atoms with Gasteiger partial charge in [0.05, 0.1) is 6.10 Å². The van der Waals surface area contributed by atoms with Crippen LogP contribution >= 0.6 is 11.6 Å². The average molecular weight is 367 g/mol. The third-order valence-electron chi connectivity index (χ3n) is 5.32. The second kappa shape index (κ2) is 8.88. The minimum atomic E-state index is 0.0616. The molecule has 0 spiro atoms. The number of methoxy groups -OCH3 is 1. The normalized spacial score (nSPS) is 20.6. The highest BCUT2D eigenvalue weighted by Crippen LogP contribution is 2.22. The van der Waals surface area contributed by atoms with Gasteiger partial charge in [-0.2, -0.15) is 0 Å². The molecule has 0 atom stereocenters. The van der Waals surface area contributed by atoms with Gasteiger partial charge in [-0.05, 0) is 49.9 Å². The first-order valence-corrected chi connectivity index (χ1v) is 9.46. The topological polar surface area (TPSA) is 42.0 Å². The lowest BCUT2D eigenvalue weighted by molar-refractivity contribution is -0.135. The predicted octanol–water partition coefficient (Wildman–Crippen LogP) is 2.82. The standard InChI is InChI=1S/C19H27ClN2O3/c1-24-17-8-12-21(13-9-17)16-6-10-22(11-7-16)19(23)14-25-18-4-2-15(20)3-5-18/h2-5,16-17H,6-14H2,1H3. The number of nitrogens with zero attached hydrogens (tertiary/aromatic N) is 2. The molecule has 0 saturated carbocycles. The summed E-state index contributed by atoms with van der Waals surface area (Å²) in [4.78, 5) is 16.8. The van der Waals surface area contributed by atoms with Crippen LogP contribution in [0.15, 0.2) is 24.3 Å². The zero-order chi connectivity index (χ0) is 17.6. The Kier molecular flexibility index (Phi) is 6.57. The molecule has 25 heavy (non-hydrogen) atoms. The van der Waals surface area contributed by atoms with E-state index in [0.717, 1.165) is 51.9 Å². The number of halogens is 1. The van der Waals surface area contributed by atoms with E-state index in [1.165, 1.54) is 0 Å². The number of hydrogen-bond acceptors (Lipinski definition) is 4. The van der Waals surface area contributed by atoms with Crippen molar-refractivity contribution in [1.82, 2.24) is 9.80 Å². The predicted molar refractivity (Wildman–Crippen MR) is 98.2 cm³/mol. The summed E-state index contributed by atoms with van der Waals surface area (Å²) in [7, 11) is 1.80. The second-order valence-corrected chi connectivity index (χ2v) is 7.26. The van der Waals surface area contributed by atoms with Crippen molar-refractivity contribution in [3.05, 3.63) is 29.3 Å². The van der Waals surface area contributed by atoms with Gasteiger partial charge in [0.2, 0.25) is 0 Å². The number of carbonyl (C=O) groups excluding carboxylic acids is 1. The summed E-state index contributed by atoms with van der Waals surface area (Å²) in [5, 5.41) is 0.662. The van der Waals surface area contributed by atoms with Gasteiger partial charge in [0.15, 0.2) is 6.61 Å². The van der Waals surface area contributed by atoms with Crippen molar-refractivity contribution in [2.75, 3.05) is 39.9 Å². The summed E-state index contributed by atoms with van der Waals surface area (Å²) in [6.45, 7) is 3.94. The van der Waals surface area contributed by atoms with Crippen LogP contribution in [0.1, 0.15) is 25.7 Å². The van der Waals surface area contributed by atoms with Gasteiger partial charge in [-0.25, -0.2) is 0 Å². The number of carbonyl (C=O) groups is 1. The molecule has 2 fully saturated rings. The molecule has 2 aliphatic heterocycles. The number of hydrogen-bond donors (Lipinski definition) is 0. The average Bonchev–Trinajstić information content (AvgIpc) is 2.67. The molecule has 0 unspecified atom stereocenters. The molecule has 1 amide bonds. The van der Waals surface area contributed by atoms with Crippen molar-refractivity contribution >= 4 is 17.5 Å². The zero-order valence-corrected chi connectivity index (χ0v) is 15.6. The third kappa shape index (κ3) is 5.09. The fourth-order valence-electron chi connectivity index (χ4n) is 3.72. The summed E-state index contributed by atoms with van der Waals surface area (Å²) in [5.41, 5.74) is 0. The van der Waals surface area contributed by atoms with E-state index in [0.29, 0.717) is 22.9 Å². The Bertz CT molecular complexity index is 550. The maximum absolute atomic E-state index is 12.3. The number of likely N-dealkylation sites (tertiary alicyclic amines) is 2. The van der Waals surface area contributed by atoms with Gasteiger partial charge in [-0.3, -0.25) is 4.79 Å². The van der Waals surface area contributed by atoms with E-state index in [2.05, 4.69) is 4.90 Å². The smallest absolute Gasteiger partial charge is 0.260 e. The Hall–Kier alpha value is -1.30. The van der Waals surface area contributed by atoms with Crippen LogP contribution in [0, 0.1) is 0 Å². The van der Waals surface area contributed by atoms with Crippen LogP contribution in [-0.4, -0.2) is 67.7 Å². The highest BCUT2D eigenvalue weighted by molar-refractivity contribution is 6.30. The lowest BCUT2D eigenvalue weighted by Crippen LogP contribution is -2.50. The molecule has 0 aliphatic carbocycles. The van der Waals surface area contributed by atoms with Gasteiger partial charge < -0.3 is 19.3 Å². The van der Waals surface area contributed by atoms with Gasteiger partial charge >= 0.3 is 0 Å². The maximum atomic E-state index is 12.3. The lowest BCUT2D eigenvalue weighted by atomic mass is 9.99. The fourth-order valence-corrected chi connectivity index (χ4v) is 3.85. The van der Waals surface area contributed by atoms with E-state index in [4.69, 9.17) is 21.1 Å². The molecule has 0 N–H and O–H groups in total. The maximum Gasteiger partial charge on any atom is 0.260 e. The Morgan fingerprint density at radius 1 is 1.08 bits per heavy atom. The molecule has 2 saturated heterocycles. The molecular formula is C19H27ClN2O3. The van der Waals surface area contributed by atoms with Gasteiger partial charge in [0.1, 0.15) is 5.75 Å². The number of rotatable bonds is 5. The van der Waals surface area contributed by atoms with E-state index in [1.807, 2.05) is 4.90 Å². The summed E-state index contributed by atoms with van der Waals surface area (Å²) >= 11 is 5.85. The summed E-state index contributed by atoms with van der Waals surface area (Å²) in [6, 6.07) is 7.69. The first-order valence-electron chi connectivity index (χ1n) is 9.08. The van der Waals surface area contributed by atoms with Crippen molar-refractivity contribution in [3.63, 3.8) is 0 Å². The number of ether oxygens (including phenoxy) is 2. The molecule has 2 aliphatic rings. The molecule has 1 aromatic carbocycles. The molecule has 0 aromatic heterocycles. The van der Waals surface area contributed by atoms with E-state index >= 15 is 0 Å². The quantitative estimate of drug-likeness (QED) is 0.803. The minimum absolute atomic E-state index is 0.0616. The molecule has 2 heterocycles. The lowest BCUT2D eigenvalue weighted by Gasteiger charge is -2.41. The summed E-state index contributed by atoms with van der Waals surface area (Å²) in [6.07, 6.45) is 4.74. The van der Waals surface area contributed by atoms with Crippen molar-refractivity contribution < 1.29 is 14.3 Å². The minimum Gasteiger partial charge on any atom is -0.484 e. The van der Waals surface area contributed by atoms with Crippen LogP contribution < -0.4 is 4.74 Å². The first-order chi connectivity index (χ1) is 12.2. The van der Waals surface area contributed by atoms with Crippen molar-refractivity contribution in [3.8, 4) is 5.75 Å². The van der Waals surface area contributed by atoms with Crippen LogP contribution in [0.5, 0.6) is 5.75 Å². The van der Waals surface area contributed by atoms with Crippen LogP contribution in [0.2, 0.25) is 5.02 Å². The Balaban J connectivity index is 1.39. The Morgan fingerprint density at radius 3 is 2.32 bits per heavy atom. The van der Waals surface area contributed by atoms with Crippen LogP contribution in [-0.2, 0) is 9.53 Å². The van der Waals surface area contributed by atoms with Gasteiger partial charge in [0.25, 0.3) is 5.91 Å². The zero-order valence-electron chi connectivity index (χ0n) is 14.8. The van der Waals surface area contributed by atoms with E-state index in [1.54, 1.807) is 31.4 Å². The van der Waals surface area contributed by atoms with Crippen LogP contribution in [0.4, 0.5) is 0 Å². The van der Waals surface area contributed by atoms with E-state index in [-0.39, 0.29) is 12.5 Å².